The Labute approximate surface area is 168 Å². The molecule has 1 N–H and O–H groups in total. The van der Waals surface area contributed by atoms with Crippen molar-refractivity contribution in [3.05, 3.63) is 65.7 Å². The van der Waals surface area contributed by atoms with Crippen molar-refractivity contribution < 1.29 is 17.4 Å². The Morgan fingerprint density at radius 2 is 1.89 bits per heavy atom. The third-order valence-electron chi connectivity index (χ3n) is 4.82. The van der Waals surface area contributed by atoms with Crippen molar-refractivity contribution >= 4 is 26.7 Å². The number of hydrogen-bond acceptors (Lipinski definition) is 4. The van der Waals surface area contributed by atoms with Crippen molar-refractivity contribution in [2.75, 3.05) is 18.1 Å². The average Bonchev–Trinajstić information content (AvgIpc) is 2.88. The number of carbonyl (C=O) groups excluding carboxylic acids is 1. The number of benzene rings is 2. The summed E-state index contributed by atoms with van der Waals surface area (Å²) in [7, 11) is -4.66. The molecule has 1 amide bonds. The van der Waals surface area contributed by atoms with Gasteiger partial charge in [-0.15, -0.1) is 0 Å². The molecule has 1 aliphatic heterocycles. The third-order valence-corrected chi connectivity index (χ3v) is 7.54. The molecule has 0 bridgehead atoms. The van der Waals surface area contributed by atoms with Crippen LogP contribution < -0.4 is 4.72 Å². The zero-order valence-electron chi connectivity index (χ0n) is 15.7. The maximum absolute atomic E-state index is 12.9. The van der Waals surface area contributed by atoms with Crippen LogP contribution in [0.5, 0.6) is 0 Å². The van der Waals surface area contributed by atoms with Gasteiger partial charge < -0.3 is 4.90 Å². The molecule has 0 radical (unpaired) electrons. The molecule has 28 heavy (non-hydrogen) atoms. The highest BCUT2D eigenvalue weighted by Gasteiger charge is 2.26. The number of nitrogens with one attached hydrogen (secondary N) is 1. The summed E-state index contributed by atoms with van der Waals surface area (Å²) in [6.45, 7) is 2.52. The summed E-state index contributed by atoms with van der Waals surface area (Å²) in [6, 6.07) is 15.3. The Kier molecular flexibility index (Phi) is 6.64. The molecule has 150 valence electrons. The first-order valence-electron chi connectivity index (χ1n) is 9.16. The molecule has 6 nitrogen and oxygen atoms in total. The van der Waals surface area contributed by atoms with Gasteiger partial charge in [-0.05, 0) is 37.1 Å². The quantitative estimate of drug-likeness (QED) is 0.803. The molecule has 2 aromatic carbocycles. The minimum atomic E-state index is -3.74. The molecule has 1 heterocycles. The van der Waals surface area contributed by atoms with Crippen molar-refractivity contribution in [3.63, 3.8) is 0 Å². The lowest BCUT2D eigenvalue weighted by molar-refractivity contribution is 0.0706. The average molecular weight is 421 g/mol. The van der Waals surface area contributed by atoms with Crippen molar-refractivity contribution in [1.82, 2.24) is 9.62 Å². The smallest absolute Gasteiger partial charge is 0.254 e. The van der Waals surface area contributed by atoms with E-state index in [0.717, 1.165) is 5.56 Å². The highest BCUT2D eigenvalue weighted by atomic mass is 32.2. The van der Waals surface area contributed by atoms with Crippen molar-refractivity contribution in [2.24, 2.45) is 0 Å². The van der Waals surface area contributed by atoms with Gasteiger partial charge in [0, 0.05) is 47.0 Å². The summed E-state index contributed by atoms with van der Waals surface area (Å²) in [5.74, 6) is 0.807. The van der Waals surface area contributed by atoms with Crippen LogP contribution >= 0.6 is 0 Å². The van der Waals surface area contributed by atoms with Gasteiger partial charge in [-0.3, -0.25) is 9.00 Å². The van der Waals surface area contributed by atoms with Crippen LogP contribution in [0, 0.1) is 0 Å². The Balaban J connectivity index is 1.77. The summed E-state index contributed by atoms with van der Waals surface area (Å²) in [4.78, 5) is 14.7. The molecule has 0 unspecified atom stereocenters. The highest BCUT2D eigenvalue weighted by molar-refractivity contribution is 7.89. The fourth-order valence-electron chi connectivity index (χ4n) is 3.10. The van der Waals surface area contributed by atoms with E-state index in [9.17, 15) is 17.4 Å². The predicted octanol–water partition coefficient (Wildman–Crippen LogP) is 2.15. The van der Waals surface area contributed by atoms with E-state index in [2.05, 4.69) is 4.72 Å². The van der Waals surface area contributed by atoms with E-state index in [-0.39, 0.29) is 23.4 Å². The van der Waals surface area contributed by atoms with Gasteiger partial charge in [-0.1, -0.05) is 36.4 Å². The maximum atomic E-state index is 12.9. The first-order valence-corrected chi connectivity index (χ1v) is 12.1. The number of carbonyl (C=O) groups is 1. The van der Waals surface area contributed by atoms with Crippen LogP contribution in [0.25, 0.3) is 0 Å². The van der Waals surface area contributed by atoms with Gasteiger partial charge in [0.1, 0.15) is 0 Å². The van der Waals surface area contributed by atoms with E-state index in [0.29, 0.717) is 30.0 Å². The molecule has 0 spiro atoms. The highest BCUT2D eigenvalue weighted by Crippen LogP contribution is 2.18. The minimum Gasteiger partial charge on any atom is -0.335 e. The molecule has 3 rings (SSSR count). The van der Waals surface area contributed by atoms with E-state index in [1.165, 1.54) is 12.1 Å². The molecular weight excluding hydrogens is 396 g/mol. The second-order valence-corrected chi connectivity index (χ2v) is 10.3. The molecule has 2 aromatic rings. The number of amides is 1. The second-order valence-electron chi connectivity index (χ2n) is 6.82. The molecular formula is C20H24N2O4S2. The number of nitrogens with zero attached hydrogens (tertiary/aromatic N) is 1. The maximum Gasteiger partial charge on any atom is 0.254 e. The molecule has 1 saturated heterocycles. The fourth-order valence-corrected chi connectivity index (χ4v) is 5.37. The van der Waals surface area contributed by atoms with Crippen LogP contribution in [0.15, 0.2) is 59.5 Å². The lowest BCUT2D eigenvalue weighted by Gasteiger charge is -2.27. The van der Waals surface area contributed by atoms with E-state index in [1.807, 2.05) is 37.3 Å². The van der Waals surface area contributed by atoms with Gasteiger partial charge in [0.15, 0.2) is 0 Å². The van der Waals surface area contributed by atoms with Crippen LogP contribution in [0.4, 0.5) is 0 Å². The van der Waals surface area contributed by atoms with Crippen LogP contribution in [0.1, 0.15) is 29.3 Å². The summed E-state index contributed by atoms with van der Waals surface area (Å²) >= 11 is 0. The van der Waals surface area contributed by atoms with E-state index in [4.69, 9.17) is 0 Å². The first kappa shape index (κ1) is 20.7. The van der Waals surface area contributed by atoms with E-state index >= 15 is 0 Å². The van der Waals surface area contributed by atoms with Crippen LogP contribution in [0.2, 0.25) is 0 Å². The van der Waals surface area contributed by atoms with E-state index < -0.39 is 20.8 Å². The van der Waals surface area contributed by atoms with Gasteiger partial charge in [-0.25, -0.2) is 13.1 Å². The fraction of sp³-hybridized carbons (Fsp3) is 0.350. The molecule has 1 fully saturated rings. The topological polar surface area (TPSA) is 83.6 Å². The van der Waals surface area contributed by atoms with Crippen molar-refractivity contribution in [2.45, 2.75) is 30.8 Å². The molecule has 0 aliphatic carbocycles. The Hall–Kier alpha value is -2.03. The van der Waals surface area contributed by atoms with Crippen LogP contribution in [0.3, 0.4) is 0 Å². The molecule has 0 saturated carbocycles. The number of sulfonamides is 1. The number of hydrogen-bond donors (Lipinski definition) is 1. The SMILES string of the molecule is C[C@H]1CC[S@@](=O)CCN1C(=O)c1cccc(S(=O)(=O)NCc2ccccc2)c1. The lowest BCUT2D eigenvalue weighted by atomic mass is 10.1. The second kappa shape index (κ2) is 8.98. The van der Waals surface area contributed by atoms with Crippen LogP contribution in [-0.2, 0) is 27.4 Å². The largest absolute Gasteiger partial charge is 0.335 e. The molecule has 8 heteroatoms. The monoisotopic (exact) mass is 420 g/mol. The number of rotatable bonds is 5. The van der Waals surface area contributed by atoms with Crippen molar-refractivity contribution in [1.29, 1.82) is 0 Å². The summed E-state index contributed by atoms with van der Waals surface area (Å²) < 4.78 is 39.6. The zero-order chi connectivity index (χ0) is 20.1. The Morgan fingerprint density at radius 1 is 1.14 bits per heavy atom. The van der Waals surface area contributed by atoms with Crippen LogP contribution in [-0.4, -0.2) is 47.5 Å². The first-order chi connectivity index (χ1) is 13.4. The van der Waals surface area contributed by atoms with Gasteiger partial charge >= 0.3 is 0 Å². The minimum absolute atomic E-state index is 0.0320. The van der Waals surface area contributed by atoms with Crippen molar-refractivity contribution in [3.8, 4) is 0 Å². The summed E-state index contributed by atoms with van der Waals surface area (Å²) in [6.07, 6.45) is 0.676. The zero-order valence-corrected chi connectivity index (χ0v) is 17.3. The Bertz CT molecular complexity index is 961. The van der Waals surface area contributed by atoms with Gasteiger partial charge in [-0.2, -0.15) is 0 Å². The van der Waals surface area contributed by atoms with Gasteiger partial charge in [0.05, 0.1) is 4.90 Å². The Morgan fingerprint density at radius 3 is 2.64 bits per heavy atom. The third kappa shape index (κ3) is 5.06. The van der Waals surface area contributed by atoms with Gasteiger partial charge in [0.2, 0.25) is 10.0 Å². The lowest BCUT2D eigenvalue weighted by Crippen LogP contribution is -2.39. The normalized spacial score (nSPS) is 20.5. The summed E-state index contributed by atoms with van der Waals surface area (Å²) in [5.41, 5.74) is 1.17. The summed E-state index contributed by atoms with van der Waals surface area (Å²) in [5, 5.41) is 0. The molecule has 0 aromatic heterocycles. The standard InChI is InChI=1S/C20H24N2O4S2/c1-16-10-12-27(24)13-11-22(16)20(23)18-8-5-9-19(14-18)28(25,26)21-15-17-6-3-2-4-7-17/h2-9,14,16,21H,10-13,15H2,1H3/t16-,27+/m0/s1. The molecule has 1 aliphatic rings. The van der Waals surface area contributed by atoms with E-state index in [1.54, 1.807) is 17.0 Å². The predicted molar refractivity (Wildman–Crippen MR) is 110 cm³/mol. The molecule has 2 atom stereocenters. The van der Waals surface area contributed by atoms with Gasteiger partial charge in [0.25, 0.3) is 5.91 Å².